The zero-order chi connectivity index (χ0) is 54.6. The predicted molar refractivity (Wildman–Crippen MR) is 271 cm³/mol. The van der Waals surface area contributed by atoms with Crippen molar-refractivity contribution in [2.75, 3.05) is 31.1 Å². The molecular formula is C49H51N8NaO16S3. The Kier molecular flexibility index (Phi) is 21.0. The summed E-state index contributed by atoms with van der Waals surface area (Å²) in [6, 6.07) is 14.0. The molecule has 4 aliphatic rings. The number of esters is 1. The summed E-state index contributed by atoms with van der Waals surface area (Å²) in [4.78, 5) is 110. The van der Waals surface area contributed by atoms with Crippen LogP contribution in [0.4, 0.5) is 5.69 Å². The van der Waals surface area contributed by atoms with E-state index in [9.17, 15) is 61.5 Å². The molecule has 0 radical (unpaired) electrons. The second kappa shape index (κ2) is 27.1. The third kappa shape index (κ3) is 14.9. The number of aliphatic hydroxyl groups is 1. The molecule has 3 aliphatic heterocycles. The van der Waals surface area contributed by atoms with Crippen molar-refractivity contribution in [3.63, 3.8) is 0 Å². The van der Waals surface area contributed by atoms with Crippen LogP contribution in [0.25, 0.3) is 10.4 Å². The van der Waals surface area contributed by atoms with Crippen molar-refractivity contribution in [3.05, 3.63) is 123 Å². The molecule has 0 saturated carbocycles. The molecule has 0 bridgehead atoms. The van der Waals surface area contributed by atoms with Crippen LogP contribution in [0.1, 0.15) is 100.0 Å². The van der Waals surface area contributed by atoms with Crippen LogP contribution in [0, 0.1) is 5.92 Å². The van der Waals surface area contributed by atoms with Gasteiger partial charge in [0, 0.05) is 82.9 Å². The predicted octanol–water partition coefficient (Wildman–Crippen LogP) is 1.53. The van der Waals surface area contributed by atoms with Crippen molar-refractivity contribution >= 4 is 84.8 Å². The van der Waals surface area contributed by atoms with Crippen molar-refractivity contribution < 1.29 is 105 Å². The summed E-state index contributed by atoms with van der Waals surface area (Å²) in [6.07, 6.45) is 5.24. The van der Waals surface area contributed by atoms with Crippen LogP contribution in [0.5, 0.6) is 11.5 Å². The van der Waals surface area contributed by atoms with E-state index in [0.717, 1.165) is 0 Å². The van der Waals surface area contributed by atoms with Gasteiger partial charge >= 0.3 is 41.5 Å². The standard InChI is InChI=1S/C49H52N8O16S3.Na/c50-56-55-30-11-8-28(9-12-30)44(63)52-20-5-3-6-37(46(65)53-21-23-75-74-22-18-41(60)51-19-4-1-2-7-43(62)73-57-42(61)27-40(47(57)66)76(68,69)70)54-45(64)29-10-15-34-33(24-29)48(67)72-49(34)35-16-13-31(58)25-38(35)71-39-26-32(59)14-17-36(39)49;/h8-17,24-26,35,37-38,40,58-59H,1-7,18-23,27H2,(H,51,60)(H,52,63)(H,53,65)(H,54,64)(H,68,69,70);/q;+1/p-1/t35?,37-,38?,40?,49?;/m0./s1. The van der Waals surface area contributed by atoms with Gasteiger partial charge in [-0.25, -0.2) is 18.0 Å². The first-order chi connectivity index (χ1) is 36.4. The Labute approximate surface area is 470 Å². The number of nitrogens with zero attached hydrogens (tertiary/aromatic N) is 4. The van der Waals surface area contributed by atoms with Gasteiger partial charge in [0.25, 0.3) is 23.6 Å². The third-order valence-corrected chi connectivity index (χ3v) is 16.0. The Bertz CT molecular complexity index is 3010. The minimum Gasteiger partial charge on any atom is -0.747 e. The Balaban J connectivity index is 0.00000961. The number of aromatic hydroxyl groups is 1. The zero-order valence-electron chi connectivity index (χ0n) is 41.3. The summed E-state index contributed by atoms with van der Waals surface area (Å²) in [6.45, 7) is 0.773. The quantitative estimate of drug-likeness (QED) is 0.00806. The number of imide groups is 1. The van der Waals surface area contributed by atoms with E-state index in [4.69, 9.17) is 15.0 Å². The Morgan fingerprint density at radius 2 is 1.58 bits per heavy atom. The van der Waals surface area contributed by atoms with Crippen LogP contribution in [-0.2, 0) is 49.3 Å². The number of nitrogens with one attached hydrogen (secondary N) is 4. The first kappa shape index (κ1) is 59.7. The Morgan fingerprint density at radius 1 is 0.870 bits per heavy atom. The van der Waals surface area contributed by atoms with Crippen molar-refractivity contribution in [1.29, 1.82) is 0 Å². The summed E-state index contributed by atoms with van der Waals surface area (Å²) < 4.78 is 45.8. The number of phenols is 1. The molecule has 4 unspecified atom stereocenters. The minimum absolute atomic E-state index is 0. The number of rotatable bonds is 25. The number of azide groups is 1. The normalized spacial score (nSPS) is 19.2. The van der Waals surface area contributed by atoms with Crippen molar-refractivity contribution in [3.8, 4) is 11.5 Å². The van der Waals surface area contributed by atoms with Gasteiger partial charge in [0.05, 0.1) is 17.9 Å². The molecule has 1 saturated heterocycles. The third-order valence-electron chi connectivity index (χ3n) is 12.5. The first-order valence-electron chi connectivity index (χ1n) is 23.9. The van der Waals surface area contributed by atoms with Crippen LogP contribution < -0.4 is 55.6 Å². The minimum atomic E-state index is -5.09. The summed E-state index contributed by atoms with van der Waals surface area (Å²) in [5, 5.41) is 33.2. The SMILES string of the molecule is [N-]=[N+]=Nc1ccc(C(=O)NCCCC[C@H](NC(=O)c2ccc3c(c2)C(=O)OC32c3ccc(O)cc3OC3C=C(O)C=CC32)C(=O)NCCSSCCC(=O)NCCCCCC(=O)ON2C(=O)CC(S(=O)(=O)[O-])C2=O)cc1.[Na+]. The van der Waals surface area contributed by atoms with Crippen molar-refractivity contribution in [1.82, 2.24) is 26.3 Å². The second-order valence-corrected chi connectivity index (χ2v) is 21.9. The van der Waals surface area contributed by atoms with E-state index < -0.39 is 81.0 Å². The molecule has 3 aromatic carbocycles. The number of hydrogen-bond donors (Lipinski definition) is 6. The molecular weight excluding hydrogens is 1080 g/mol. The van der Waals surface area contributed by atoms with Gasteiger partial charge in [-0.05, 0) is 86.2 Å². The molecule has 402 valence electrons. The van der Waals surface area contributed by atoms with E-state index in [1.807, 2.05) is 0 Å². The van der Waals surface area contributed by atoms with Gasteiger partial charge in [-0.2, -0.15) is 0 Å². The van der Waals surface area contributed by atoms with E-state index >= 15 is 0 Å². The van der Waals surface area contributed by atoms with Crippen molar-refractivity contribution in [2.24, 2.45) is 11.0 Å². The van der Waals surface area contributed by atoms with E-state index in [1.165, 1.54) is 82.3 Å². The van der Waals surface area contributed by atoms with Crippen LogP contribution in [0.3, 0.4) is 0 Å². The van der Waals surface area contributed by atoms with E-state index in [-0.39, 0.29) is 114 Å². The molecule has 3 aromatic rings. The number of carbonyl (C=O) groups is 8. The van der Waals surface area contributed by atoms with Crippen LogP contribution in [0.2, 0.25) is 0 Å². The number of ether oxygens (including phenoxy) is 2. The van der Waals surface area contributed by atoms with Gasteiger partial charge in [0.2, 0.25) is 11.8 Å². The molecule has 1 spiro atoms. The topological polar surface area (TPSA) is 362 Å². The fourth-order valence-corrected chi connectivity index (χ4v) is 11.4. The number of carbonyl (C=O) groups excluding carboxylic acids is 8. The molecule has 28 heteroatoms. The number of benzene rings is 3. The van der Waals surface area contributed by atoms with Crippen LogP contribution in [0.15, 0.2) is 89.8 Å². The summed E-state index contributed by atoms with van der Waals surface area (Å²) >= 11 is 0. The molecule has 24 nitrogen and oxygen atoms in total. The Hall–Kier alpha value is -6.58. The van der Waals surface area contributed by atoms with Gasteiger partial charge in [-0.15, -0.1) is 5.06 Å². The van der Waals surface area contributed by atoms with E-state index in [1.54, 1.807) is 18.2 Å². The number of unbranched alkanes of at least 4 members (excludes halogenated alkanes) is 3. The smallest absolute Gasteiger partial charge is 0.747 e. The summed E-state index contributed by atoms with van der Waals surface area (Å²) in [5.74, 6) is -5.50. The monoisotopic (exact) mass is 1130 g/mol. The molecule has 5 atom stereocenters. The van der Waals surface area contributed by atoms with Gasteiger partial charge < -0.3 is 50.3 Å². The molecule has 6 amide bonds. The maximum atomic E-state index is 14.0. The number of phenolic OH excluding ortho intramolecular Hbond substituents is 1. The molecule has 6 N–H and O–H groups in total. The summed E-state index contributed by atoms with van der Waals surface area (Å²) in [5.41, 5.74) is 8.98. The van der Waals surface area contributed by atoms with Crippen LogP contribution in [-0.4, -0.2) is 124 Å². The second-order valence-electron chi connectivity index (χ2n) is 17.7. The number of allylic oxidation sites excluding steroid dienone is 1. The first-order valence-corrected chi connectivity index (χ1v) is 27.9. The molecule has 0 aromatic heterocycles. The molecule has 1 aliphatic carbocycles. The zero-order valence-corrected chi connectivity index (χ0v) is 45.8. The number of hydrogen-bond acceptors (Lipinski definition) is 19. The molecule has 77 heavy (non-hydrogen) atoms. The largest absolute Gasteiger partial charge is 1.00 e. The van der Waals surface area contributed by atoms with Crippen LogP contribution >= 0.6 is 21.6 Å². The number of fused-ring (bicyclic) bond motifs is 6. The fraction of sp³-hybridized carbons (Fsp3) is 0.388. The Morgan fingerprint density at radius 3 is 2.32 bits per heavy atom. The molecule has 1 fully saturated rings. The maximum Gasteiger partial charge on any atom is 1.00 e. The van der Waals surface area contributed by atoms with Gasteiger partial charge in [0.15, 0.2) is 5.60 Å². The van der Waals surface area contributed by atoms with E-state index in [0.29, 0.717) is 66.1 Å². The van der Waals surface area contributed by atoms with Gasteiger partial charge in [-0.1, -0.05) is 57.4 Å². The van der Waals surface area contributed by atoms with Gasteiger partial charge in [0.1, 0.15) is 44.8 Å². The number of hydroxylamine groups is 2. The molecule has 7 rings (SSSR count). The number of amides is 6. The maximum absolute atomic E-state index is 14.0. The average molecular weight is 1130 g/mol. The number of aliphatic hydroxyl groups excluding tert-OH is 1. The fourth-order valence-electron chi connectivity index (χ4n) is 8.79. The van der Waals surface area contributed by atoms with E-state index in [2.05, 4.69) is 36.1 Å². The summed E-state index contributed by atoms with van der Waals surface area (Å²) in [7, 11) is -2.26. The average Bonchev–Trinajstić information content (AvgIpc) is 4.04. The van der Waals surface area contributed by atoms with Crippen molar-refractivity contribution in [2.45, 2.75) is 80.8 Å². The molecule has 3 heterocycles. The van der Waals surface area contributed by atoms with Gasteiger partial charge in [-0.3, -0.25) is 28.8 Å².